The van der Waals surface area contributed by atoms with E-state index < -0.39 is 0 Å². The van der Waals surface area contributed by atoms with Crippen molar-refractivity contribution >= 4 is 11.6 Å². The third-order valence-electron chi connectivity index (χ3n) is 4.40. The summed E-state index contributed by atoms with van der Waals surface area (Å²) in [5.74, 6) is 0.567. The quantitative estimate of drug-likeness (QED) is 0.516. The number of ether oxygens (including phenoxy) is 1. The zero-order valence-corrected chi connectivity index (χ0v) is 15.6. The molecule has 3 aromatic rings. The molecule has 0 aliphatic rings. The molecule has 138 valence electrons. The van der Waals surface area contributed by atoms with Crippen LogP contribution in [-0.2, 0) is 0 Å². The summed E-state index contributed by atoms with van der Waals surface area (Å²) < 4.78 is 6.26. The Morgan fingerprint density at radius 3 is 2.33 bits per heavy atom. The maximum absolute atomic E-state index is 12.5. The van der Waals surface area contributed by atoms with Crippen molar-refractivity contribution in [2.24, 2.45) is 0 Å². The van der Waals surface area contributed by atoms with Gasteiger partial charge < -0.3 is 10.1 Å². The Morgan fingerprint density at radius 1 is 0.926 bits per heavy atom. The predicted octanol–water partition coefficient (Wildman–Crippen LogP) is 6.25. The molecule has 0 heterocycles. The Morgan fingerprint density at radius 2 is 1.63 bits per heavy atom. The Bertz CT molecular complexity index is 847. The third kappa shape index (κ3) is 5.45. The lowest BCUT2D eigenvalue weighted by molar-refractivity contribution is 0.102. The molecule has 27 heavy (non-hydrogen) atoms. The van der Waals surface area contributed by atoms with Gasteiger partial charge in [0, 0.05) is 11.3 Å². The molecule has 1 unspecified atom stereocenters. The summed E-state index contributed by atoms with van der Waals surface area (Å²) in [6.45, 7) is 2.18. The van der Waals surface area contributed by atoms with Crippen LogP contribution < -0.4 is 10.1 Å². The Hall–Kier alpha value is -3.07. The highest BCUT2D eigenvalue weighted by Crippen LogP contribution is 2.27. The Balaban J connectivity index is 1.74. The van der Waals surface area contributed by atoms with E-state index in [1.807, 2.05) is 60.7 Å². The summed E-state index contributed by atoms with van der Waals surface area (Å²) in [4.78, 5) is 12.5. The van der Waals surface area contributed by atoms with E-state index in [9.17, 15) is 4.79 Å². The standard InChI is InChI=1S/C24H25NO2/c1-2-3-17-23(19-11-6-4-7-12-19)27-22-16-10-13-20(18-22)24(26)25-21-14-8-5-9-15-21/h4-16,18,23H,2-3,17H2,1H3,(H,25,26). The normalized spacial score (nSPS) is 11.6. The maximum Gasteiger partial charge on any atom is 0.255 e. The number of hydrogen-bond donors (Lipinski definition) is 1. The van der Waals surface area contributed by atoms with Crippen LogP contribution in [0.5, 0.6) is 5.75 Å². The van der Waals surface area contributed by atoms with E-state index in [1.54, 1.807) is 12.1 Å². The minimum Gasteiger partial charge on any atom is -0.486 e. The van der Waals surface area contributed by atoms with Crippen molar-refractivity contribution in [3.8, 4) is 5.75 Å². The van der Waals surface area contributed by atoms with Crippen LogP contribution in [0.2, 0.25) is 0 Å². The number of amides is 1. The minimum absolute atomic E-state index is 0.0152. The van der Waals surface area contributed by atoms with Crippen LogP contribution in [0.15, 0.2) is 84.9 Å². The molecule has 3 heteroatoms. The fraction of sp³-hybridized carbons (Fsp3) is 0.208. The van der Waals surface area contributed by atoms with Crippen LogP contribution in [0, 0.1) is 0 Å². The lowest BCUT2D eigenvalue weighted by Gasteiger charge is -2.20. The molecule has 0 saturated heterocycles. The van der Waals surface area contributed by atoms with Gasteiger partial charge in [-0.3, -0.25) is 4.79 Å². The molecular weight excluding hydrogens is 334 g/mol. The Labute approximate surface area is 161 Å². The van der Waals surface area contributed by atoms with Gasteiger partial charge in [-0.05, 0) is 48.7 Å². The predicted molar refractivity (Wildman–Crippen MR) is 110 cm³/mol. The monoisotopic (exact) mass is 359 g/mol. The first-order chi connectivity index (χ1) is 13.3. The molecule has 0 spiro atoms. The number of carbonyl (C=O) groups excluding carboxylic acids is 1. The average Bonchev–Trinajstić information content (AvgIpc) is 2.72. The second-order valence-electron chi connectivity index (χ2n) is 6.51. The summed E-state index contributed by atoms with van der Waals surface area (Å²) in [5.41, 5.74) is 2.52. The first-order valence-electron chi connectivity index (χ1n) is 9.44. The zero-order valence-electron chi connectivity index (χ0n) is 15.6. The lowest BCUT2D eigenvalue weighted by atomic mass is 10.0. The summed E-state index contributed by atoms with van der Waals surface area (Å²) in [6.07, 6.45) is 3.14. The number of hydrogen-bond acceptors (Lipinski definition) is 2. The second kappa shape index (κ2) is 9.58. The molecule has 0 saturated carbocycles. The van der Waals surface area contributed by atoms with E-state index in [-0.39, 0.29) is 12.0 Å². The van der Waals surface area contributed by atoms with Gasteiger partial charge in [-0.2, -0.15) is 0 Å². The number of anilines is 1. The van der Waals surface area contributed by atoms with Gasteiger partial charge in [0.2, 0.25) is 0 Å². The van der Waals surface area contributed by atoms with Crippen LogP contribution in [0.1, 0.15) is 48.2 Å². The molecule has 3 aromatic carbocycles. The van der Waals surface area contributed by atoms with E-state index in [0.717, 1.165) is 30.5 Å². The van der Waals surface area contributed by atoms with Gasteiger partial charge in [0.1, 0.15) is 11.9 Å². The van der Waals surface area contributed by atoms with Gasteiger partial charge in [0.25, 0.3) is 5.91 Å². The average molecular weight is 359 g/mol. The van der Waals surface area contributed by atoms with E-state index in [2.05, 4.69) is 24.4 Å². The smallest absolute Gasteiger partial charge is 0.255 e. The van der Waals surface area contributed by atoms with E-state index in [4.69, 9.17) is 4.74 Å². The first-order valence-corrected chi connectivity index (χ1v) is 9.44. The highest BCUT2D eigenvalue weighted by atomic mass is 16.5. The zero-order chi connectivity index (χ0) is 18.9. The van der Waals surface area contributed by atoms with Gasteiger partial charge >= 0.3 is 0 Å². The number of para-hydroxylation sites is 1. The molecule has 1 amide bonds. The molecule has 1 N–H and O–H groups in total. The fourth-order valence-corrected chi connectivity index (χ4v) is 2.95. The topological polar surface area (TPSA) is 38.3 Å². The van der Waals surface area contributed by atoms with E-state index >= 15 is 0 Å². The molecular formula is C24H25NO2. The van der Waals surface area contributed by atoms with Gasteiger partial charge in [-0.1, -0.05) is 67.9 Å². The van der Waals surface area contributed by atoms with Crippen molar-refractivity contribution < 1.29 is 9.53 Å². The number of carbonyl (C=O) groups is 1. The molecule has 3 rings (SSSR count). The van der Waals surface area contributed by atoms with Crippen LogP contribution >= 0.6 is 0 Å². The first kappa shape index (κ1) is 18.7. The van der Waals surface area contributed by atoms with Crippen LogP contribution in [0.4, 0.5) is 5.69 Å². The fourth-order valence-electron chi connectivity index (χ4n) is 2.95. The van der Waals surface area contributed by atoms with Crippen LogP contribution in [-0.4, -0.2) is 5.91 Å². The van der Waals surface area contributed by atoms with Crippen molar-refractivity contribution in [3.05, 3.63) is 96.1 Å². The molecule has 0 fully saturated rings. The van der Waals surface area contributed by atoms with Crippen molar-refractivity contribution in [3.63, 3.8) is 0 Å². The van der Waals surface area contributed by atoms with Crippen LogP contribution in [0.3, 0.4) is 0 Å². The summed E-state index contributed by atoms with van der Waals surface area (Å²) in [7, 11) is 0. The minimum atomic E-state index is -0.142. The summed E-state index contributed by atoms with van der Waals surface area (Å²) in [5, 5.41) is 2.91. The van der Waals surface area contributed by atoms with Crippen molar-refractivity contribution in [2.45, 2.75) is 32.3 Å². The van der Waals surface area contributed by atoms with Crippen molar-refractivity contribution in [1.82, 2.24) is 0 Å². The molecule has 0 bridgehead atoms. The molecule has 1 atom stereocenters. The number of unbranched alkanes of at least 4 members (excludes halogenated alkanes) is 1. The van der Waals surface area contributed by atoms with Gasteiger partial charge in [0.05, 0.1) is 0 Å². The van der Waals surface area contributed by atoms with Gasteiger partial charge in [-0.25, -0.2) is 0 Å². The lowest BCUT2D eigenvalue weighted by Crippen LogP contribution is -2.12. The Kier molecular flexibility index (Phi) is 6.64. The third-order valence-corrected chi connectivity index (χ3v) is 4.40. The largest absolute Gasteiger partial charge is 0.486 e. The summed E-state index contributed by atoms with van der Waals surface area (Å²) >= 11 is 0. The molecule has 3 nitrogen and oxygen atoms in total. The highest BCUT2D eigenvalue weighted by Gasteiger charge is 2.14. The molecule has 0 radical (unpaired) electrons. The molecule has 0 aliphatic heterocycles. The van der Waals surface area contributed by atoms with Gasteiger partial charge in [0.15, 0.2) is 0 Å². The van der Waals surface area contributed by atoms with Crippen LogP contribution in [0.25, 0.3) is 0 Å². The van der Waals surface area contributed by atoms with E-state index in [1.165, 1.54) is 0 Å². The number of nitrogens with one attached hydrogen (secondary N) is 1. The van der Waals surface area contributed by atoms with Crippen molar-refractivity contribution in [2.75, 3.05) is 5.32 Å². The SMILES string of the molecule is CCCCC(Oc1cccc(C(=O)Nc2ccccc2)c1)c1ccccc1. The molecule has 0 aliphatic carbocycles. The van der Waals surface area contributed by atoms with Gasteiger partial charge in [-0.15, -0.1) is 0 Å². The summed E-state index contributed by atoms with van der Waals surface area (Å²) in [6, 6.07) is 27.1. The van der Waals surface area contributed by atoms with E-state index in [0.29, 0.717) is 11.3 Å². The molecule has 0 aromatic heterocycles. The number of rotatable bonds is 8. The van der Waals surface area contributed by atoms with Crippen molar-refractivity contribution in [1.29, 1.82) is 0 Å². The second-order valence-corrected chi connectivity index (χ2v) is 6.51. The number of benzene rings is 3. The maximum atomic E-state index is 12.5. The highest BCUT2D eigenvalue weighted by molar-refractivity contribution is 6.04.